The minimum absolute atomic E-state index is 0.0762. The smallest absolute Gasteiger partial charge is 0.255 e. The molecule has 9 heteroatoms. The lowest BCUT2D eigenvalue weighted by molar-refractivity contribution is -0.114. The normalized spacial score (nSPS) is 11.3. The number of rotatable bonds is 8. The van der Waals surface area contributed by atoms with Crippen LogP contribution in [0.1, 0.15) is 36.7 Å². The number of carbonyl (C=O) groups excluding carboxylic acids is 2. The zero-order valence-electron chi connectivity index (χ0n) is 17.8. The Kier molecular flexibility index (Phi) is 7.58. The van der Waals surface area contributed by atoms with Crippen molar-refractivity contribution in [2.45, 2.75) is 32.6 Å². The van der Waals surface area contributed by atoms with Crippen molar-refractivity contribution in [3.8, 4) is 5.75 Å². The lowest BCUT2D eigenvalue weighted by Gasteiger charge is -2.20. The molecule has 0 saturated heterocycles. The molecule has 2 N–H and O–H groups in total. The van der Waals surface area contributed by atoms with Crippen LogP contribution in [-0.2, 0) is 14.8 Å². The van der Waals surface area contributed by atoms with E-state index < -0.39 is 15.9 Å². The van der Waals surface area contributed by atoms with Gasteiger partial charge < -0.3 is 15.4 Å². The van der Waals surface area contributed by atoms with E-state index >= 15 is 0 Å². The first-order chi connectivity index (χ1) is 14.1. The van der Waals surface area contributed by atoms with Crippen LogP contribution in [0, 0.1) is 6.92 Å². The van der Waals surface area contributed by atoms with Gasteiger partial charge in [0.25, 0.3) is 5.91 Å². The second-order valence-corrected chi connectivity index (χ2v) is 8.55. The number of nitrogens with one attached hydrogen (secondary N) is 2. The molecular weight excluding hydrogens is 406 g/mol. The minimum Gasteiger partial charge on any atom is -0.495 e. The standard InChI is InChI=1S/C21H27N3O5S/c1-6-24(7-2)30(27,28)20-13-16(9-11-19(20)29-5)21(26)23-18-12-14(3)8-10-17(18)22-15(4)25/h8-13H,6-7H2,1-5H3,(H,22,25)(H,23,26). The summed E-state index contributed by atoms with van der Waals surface area (Å²) < 4.78 is 32.5. The molecule has 0 unspecified atom stereocenters. The van der Waals surface area contributed by atoms with E-state index in [1.54, 1.807) is 26.0 Å². The van der Waals surface area contributed by atoms with Crippen molar-refractivity contribution in [1.29, 1.82) is 0 Å². The fourth-order valence-corrected chi connectivity index (χ4v) is 4.62. The number of ether oxygens (including phenoxy) is 1. The molecule has 0 atom stereocenters. The summed E-state index contributed by atoms with van der Waals surface area (Å²) in [6.07, 6.45) is 0. The molecule has 8 nitrogen and oxygen atoms in total. The maximum absolute atomic E-state index is 13.0. The van der Waals surface area contributed by atoms with Crippen LogP contribution in [-0.4, -0.2) is 44.7 Å². The van der Waals surface area contributed by atoms with Crippen LogP contribution in [0.3, 0.4) is 0 Å². The third-order valence-corrected chi connectivity index (χ3v) is 6.55. The number of sulfonamides is 1. The highest BCUT2D eigenvalue weighted by molar-refractivity contribution is 7.89. The SMILES string of the molecule is CCN(CC)S(=O)(=O)c1cc(C(=O)Nc2cc(C)ccc2NC(C)=O)ccc1OC. The van der Waals surface area contributed by atoms with Crippen molar-refractivity contribution in [2.75, 3.05) is 30.8 Å². The maximum Gasteiger partial charge on any atom is 0.255 e. The van der Waals surface area contributed by atoms with Crippen LogP contribution in [0.2, 0.25) is 0 Å². The quantitative estimate of drug-likeness (QED) is 0.665. The van der Waals surface area contributed by atoms with Crippen molar-refractivity contribution >= 4 is 33.2 Å². The Bertz CT molecular complexity index is 1050. The summed E-state index contributed by atoms with van der Waals surface area (Å²) in [6.45, 7) is 7.30. The molecule has 30 heavy (non-hydrogen) atoms. The molecule has 0 radical (unpaired) electrons. The summed E-state index contributed by atoms with van der Waals surface area (Å²) in [5, 5.41) is 5.41. The second-order valence-electron chi connectivity index (χ2n) is 6.64. The predicted octanol–water partition coefficient (Wildman–Crippen LogP) is 3.24. The number of methoxy groups -OCH3 is 1. The lowest BCUT2D eigenvalue weighted by atomic mass is 10.1. The minimum atomic E-state index is -3.83. The molecule has 2 amide bonds. The predicted molar refractivity (Wildman–Crippen MR) is 117 cm³/mol. The Morgan fingerprint density at radius 2 is 1.67 bits per heavy atom. The largest absolute Gasteiger partial charge is 0.495 e. The first kappa shape index (κ1) is 23.4. The molecule has 0 spiro atoms. The monoisotopic (exact) mass is 433 g/mol. The molecule has 0 aliphatic rings. The number of aryl methyl sites for hydroxylation is 1. The van der Waals surface area contributed by atoms with Crippen LogP contribution < -0.4 is 15.4 Å². The van der Waals surface area contributed by atoms with Crippen molar-refractivity contribution < 1.29 is 22.7 Å². The van der Waals surface area contributed by atoms with Gasteiger partial charge in [0, 0.05) is 25.6 Å². The van der Waals surface area contributed by atoms with E-state index in [4.69, 9.17) is 4.74 Å². The van der Waals surface area contributed by atoms with Gasteiger partial charge in [-0.3, -0.25) is 9.59 Å². The van der Waals surface area contributed by atoms with Crippen molar-refractivity contribution in [1.82, 2.24) is 4.31 Å². The Morgan fingerprint density at radius 3 is 2.23 bits per heavy atom. The van der Waals surface area contributed by atoms with Gasteiger partial charge in [-0.05, 0) is 42.8 Å². The third-order valence-electron chi connectivity index (χ3n) is 4.48. The Morgan fingerprint density at radius 1 is 1.00 bits per heavy atom. The number of amides is 2. The molecule has 0 aliphatic carbocycles. The molecule has 0 saturated carbocycles. The van der Waals surface area contributed by atoms with Gasteiger partial charge in [-0.15, -0.1) is 0 Å². The summed E-state index contributed by atoms with van der Waals surface area (Å²) in [7, 11) is -2.45. The highest BCUT2D eigenvalue weighted by Gasteiger charge is 2.27. The maximum atomic E-state index is 13.0. The van der Waals surface area contributed by atoms with Crippen LogP contribution in [0.25, 0.3) is 0 Å². The van der Waals surface area contributed by atoms with Gasteiger partial charge in [0.15, 0.2) is 0 Å². The molecular formula is C21H27N3O5S. The van der Waals surface area contributed by atoms with E-state index in [1.165, 1.54) is 36.5 Å². The summed E-state index contributed by atoms with van der Waals surface area (Å²) in [6, 6.07) is 9.47. The van der Waals surface area contributed by atoms with Gasteiger partial charge >= 0.3 is 0 Å². The summed E-state index contributed by atoms with van der Waals surface area (Å²) in [5.41, 5.74) is 1.90. The zero-order valence-corrected chi connectivity index (χ0v) is 18.6. The summed E-state index contributed by atoms with van der Waals surface area (Å²) in [5.74, 6) is -0.620. The number of hydrogen-bond donors (Lipinski definition) is 2. The Balaban J connectivity index is 2.45. The van der Waals surface area contributed by atoms with E-state index in [2.05, 4.69) is 10.6 Å². The molecule has 0 aliphatic heterocycles. The Hall–Kier alpha value is -2.91. The summed E-state index contributed by atoms with van der Waals surface area (Å²) >= 11 is 0. The van der Waals surface area contributed by atoms with Crippen molar-refractivity contribution in [2.24, 2.45) is 0 Å². The molecule has 2 aromatic carbocycles. The number of nitrogens with zero attached hydrogens (tertiary/aromatic N) is 1. The number of anilines is 2. The highest BCUT2D eigenvalue weighted by Crippen LogP contribution is 2.29. The van der Waals surface area contributed by atoms with Crippen LogP contribution in [0.4, 0.5) is 11.4 Å². The van der Waals surface area contributed by atoms with Crippen molar-refractivity contribution in [3.05, 3.63) is 47.5 Å². The van der Waals surface area contributed by atoms with Gasteiger partial charge in [-0.1, -0.05) is 19.9 Å². The zero-order chi connectivity index (χ0) is 22.5. The highest BCUT2D eigenvalue weighted by atomic mass is 32.2. The molecule has 2 aromatic rings. The molecule has 0 aromatic heterocycles. The van der Waals surface area contributed by atoms with Gasteiger partial charge in [-0.25, -0.2) is 8.42 Å². The first-order valence-electron chi connectivity index (χ1n) is 9.51. The van der Waals surface area contributed by atoms with Crippen molar-refractivity contribution in [3.63, 3.8) is 0 Å². The van der Waals surface area contributed by atoms with Gasteiger partial charge in [-0.2, -0.15) is 4.31 Å². The Labute approximate surface area is 177 Å². The average molecular weight is 434 g/mol. The van der Waals surface area contributed by atoms with Gasteiger partial charge in [0.1, 0.15) is 10.6 Å². The van der Waals surface area contributed by atoms with Crippen LogP contribution in [0.15, 0.2) is 41.3 Å². The molecule has 0 bridgehead atoms. The molecule has 0 fully saturated rings. The second kappa shape index (κ2) is 9.73. The van der Waals surface area contributed by atoms with E-state index in [0.29, 0.717) is 24.5 Å². The average Bonchev–Trinajstić information content (AvgIpc) is 2.69. The van der Waals surface area contributed by atoms with E-state index in [-0.39, 0.29) is 22.1 Å². The van der Waals surface area contributed by atoms with E-state index in [0.717, 1.165) is 5.56 Å². The fraction of sp³-hybridized carbons (Fsp3) is 0.333. The topological polar surface area (TPSA) is 105 Å². The molecule has 2 rings (SSSR count). The fourth-order valence-electron chi connectivity index (χ4n) is 2.98. The lowest BCUT2D eigenvalue weighted by Crippen LogP contribution is -2.31. The van der Waals surface area contributed by atoms with E-state index in [1.807, 2.05) is 13.0 Å². The number of hydrogen-bond acceptors (Lipinski definition) is 5. The van der Waals surface area contributed by atoms with Crippen LogP contribution in [0.5, 0.6) is 5.75 Å². The van der Waals surface area contributed by atoms with Gasteiger partial charge in [0.2, 0.25) is 15.9 Å². The van der Waals surface area contributed by atoms with E-state index in [9.17, 15) is 18.0 Å². The third kappa shape index (κ3) is 5.17. The molecule has 0 heterocycles. The van der Waals surface area contributed by atoms with Crippen LogP contribution >= 0.6 is 0 Å². The number of benzene rings is 2. The summed E-state index contributed by atoms with van der Waals surface area (Å²) in [4.78, 5) is 24.2. The molecule has 162 valence electrons. The van der Waals surface area contributed by atoms with Gasteiger partial charge in [0.05, 0.1) is 18.5 Å². The first-order valence-corrected chi connectivity index (χ1v) is 11.0. The number of carbonyl (C=O) groups is 2.